The highest BCUT2D eigenvalue weighted by atomic mass is 79.9. The molecule has 100 valence electrons. The van der Waals surface area contributed by atoms with Crippen LogP contribution in [0.4, 0.5) is 4.39 Å². The molecule has 2 N–H and O–H groups in total. The lowest BCUT2D eigenvalue weighted by Crippen LogP contribution is -2.48. The van der Waals surface area contributed by atoms with Crippen LogP contribution >= 0.6 is 15.9 Å². The summed E-state index contributed by atoms with van der Waals surface area (Å²) in [4.78, 5) is 11.4. The summed E-state index contributed by atoms with van der Waals surface area (Å²) in [5.41, 5.74) is -0.835. The number of carboxylic acids is 1. The smallest absolute Gasteiger partial charge is 0.328 e. The number of benzene rings is 1. The Labute approximate surface area is 113 Å². The molecule has 0 aliphatic carbocycles. The van der Waals surface area contributed by atoms with Crippen molar-refractivity contribution in [1.29, 1.82) is 0 Å². The monoisotopic (exact) mass is 319 g/mol. The first-order valence-corrected chi connectivity index (χ1v) is 6.14. The van der Waals surface area contributed by atoms with E-state index in [4.69, 9.17) is 4.74 Å². The van der Waals surface area contributed by atoms with Crippen molar-refractivity contribution in [3.63, 3.8) is 0 Å². The van der Waals surface area contributed by atoms with Crippen LogP contribution in [0.5, 0.6) is 0 Å². The molecule has 0 aliphatic heterocycles. The Morgan fingerprint density at radius 1 is 1.61 bits per heavy atom. The highest BCUT2D eigenvalue weighted by Gasteiger charge is 2.36. The molecule has 0 radical (unpaired) electrons. The van der Waals surface area contributed by atoms with Gasteiger partial charge in [-0.1, -0.05) is 22.0 Å². The van der Waals surface area contributed by atoms with E-state index in [9.17, 15) is 14.3 Å². The SMILES string of the molecule is COCCNC(C)(C(=O)O)c1ccc(F)cc1Br. The van der Waals surface area contributed by atoms with Gasteiger partial charge in [-0.3, -0.25) is 5.32 Å². The van der Waals surface area contributed by atoms with Crippen LogP contribution in [0.25, 0.3) is 0 Å². The second kappa shape index (κ2) is 6.26. The van der Waals surface area contributed by atoms with E-state index in [1.54, 1.807) is 0 Å². The predicted molar refractivity (Wildman–Crippen MR) is 69.0 cm³/mol. The minimum atomic E-state index is -1.30. The van der Waals surface area contributed by atoms with E-state index in [2.05, 4.69) is 21.2 Å². The fourth-order valence-electron chi connectivity index (χ4n) is 1.58. The molecule has 1 aromatic carbocycles. The lowest BCUT2D eigenvalue weighted by atomic mass is 9.92. The summed E-state index contributed by atoms with van der Waals surface area (Å²) < 4.78 is 18.3. The first-order chi connectivity index (χ1) is 8.41. The van der Waals surface area contributed by atoms with Crippen LogP contribution < -0.4 is 5.32 Å². The average molecular weight is 320 g/mol. The van der Waals surface area contributed by atoms with Gasteiger partial charge in [0, 0.05) is 18.1 Å². The molecule has 1 rings (SSSR count). The molecular formula is C12H15BrFNO3. The van der Waals surface area contributed by atoms with Crippen LogP contribution in [0.2, 0.25) is 0 Å². The number of carbonyl (C=O) groups is 1. The molecule has 0 saturated heterocycles. The van der Waals surface area contributed by atoms with Crippen LogP contribution in [-0.2, 0) is 15.1 Å². The van der Waals surface area contributed by atoms with Crippen molar-refractivity contribution in [2.45, 2.75) is 12.5 Å². The summed E-state index contributed by atoms with van der Waals surface area (Å²) in [7, 11) is 1.54. The van der Waals surface area contributed by atoms with Gasteiger partial charge in [0.25, 0.3) is 0 Å². The summed E-state index contributed by atoms with van der Waals surface area (Å²) in [5, 5.41) is 12.3. The molecule has 1 unspecified atom stereocenters. The fourth-order valence-corrected chi connectivity index (χ4v) is 2.33. The maximum atomic E-state index is 13.0. The Bertz CT molecular complexity index is 441. The number of ether oxygens (including phenoxy) is 1. The number of carboxylic acid groups (broad SMARTS) is 1. The second-order valence-electron chi connectivity index (χ2n) is 3.97. The highest BCUT2D eigenvalue weighted by Crippen LogP contribution is 2.29. The minimum Gasteiger partial charge on any atom is -0.480 e. The number of methoxy groups -OCH3 is 1. The van der Waals surface area contributed by atoms with Crippen LogP contribution in [-0.4, -0.2) is 31.3 Å². The third-order valence-electron chi connectivity index (χ3n) is 2.68. The van der Waals surface area contributed by atoms with Crippen molar-refractivity contribution >= 4 is 21.9 Å². The Morgan fingerprint density at radius 3 is 2.78 bits per heavy atom. The standard InChI is InChI=1S/C12H15BrFNO3/c1-12(11(16)17,15-5-6-18-2)9-4-3-8(14)7-10(9)13/h3-4,7,15H,5-6H2,1-2H3,(H,16,17). The van der Waals surface area contributed by atoms with Crippen LogP contribution in [0, 0.1) is 5.82 Å². The quantitative estimate of drug-likeness (QED) is 0.789. The zero-order valence-corrected chi connectivity index (χ0v) is 11.8. The van der Waals surface area contributed by atoms with Gasteiger partial charge in [0.05, 0.1) is 6.61 Å². The summed E-state index contributed by atoms with van der Waals surface area (Å²) >= 11 is 3.19. The van der Waals surface area contributed by atoms with Crippen LogP contribution in [0.1, 0.15) is 12.5 Å². The number of hydrogen-bond donors (Lipinski definition) is 2. The molecule has 18 heavy (non-hydrogen) atoms. The maximum absolute atomic E-state index is 13.0. The zero-order valence-electron chi connectivity index (χ0n) is 10.2. The van der Waals surface area contributed by atoms with E-state index in [1.165, 1.54) is 32.2 Å². The number of rotatable bonds is 6. The molecule has 0 heterocycles. The molecule has 0 bridgehead atoms. The first kappa shape index (κ1) is 15.1. The number of aliphatic carboxylic acids is 1. The third-order valence-corrected chi connectivity index (χ3v) is 3.34. The van der Waals surface area contributed by atoms with E-state index in [1.807, 2.05) is 0 Å². The van der Waals surface area contributed by atoms with Gasteiger partial charge < -0.3 is 9.84 Å². The molecule has 0 saturated carbocycles. The summed E-state index contributed by atoms with van der Waals surface area (Å²) in [6, 6.07) is 3.93. The second-order valence-corrected chi connectivity index (χ2v) is 4.83. The van der Waals surface area contributed by atoms with Gasteiger partial charge in [0.2, 0.25) is 0 Å². The van der Waals surface area contributed by atoms with E-state index in [0.717, 1.165) is 0 Å². The highest BCUT2D eigenvalue weighted by molar-refractivity contribution is 9.10. The molecule has 1 aromatic rings. The van der Waals surface area contributed by atoms with Crippen LogP contribution in [0.15, 0.2) is 22.7 Å². The van der Waals surface area contributed by atoms with E-state index in [-0.39, 0.29) is 0 Å². The number of nitrogens with one attached hydrogen (secondary N) is 1. The Hall–Kier alpha value is -0.980. The normalized spacial score (nSPS) is 14.2. The van der Waals surface area contributed by atoms with Crippen molar-refractivity contribution in [1.82, 2.24) is 5.32 Å². The molecule has 1 atom stereocenters. The van der Waals surface area contributed by atoms with Crippen molar-refractivity contribution in [3.05, 3.63) is 34.1 Å². The van der Waals surface area contributed by atoms with Crippen LogP contribution in [0.3, 0.4) is 0 Å². The fraction of sp³-hybridized carbons (Fsp3) is 0.417. The van der Waals surface area contributed by atoms with Crippen molar-refractivity contribution in [2.75, 3.05) is 20.3 Å². The summed E-state index contributed by atoms with van der Waals surface area (Å²) in [6.07, 6.45) is 0. The van der Waals surface area contributed by atoms with E-state index in [0.29, 0.717) is 23.2 Å². The van der Waals surface area contributed by atoms with Gasteiger partial charge in [-0.15, -0.1) is 0 Å². The first-order valence-electron chi connectivity index (χ1n) is 5.34. The third kappa shape index (κ3) is 3.28. The molecule has 0 fully saturated rings. The number of halogens is 2. The largest absolute Gasteiger partial charge is 0.480 e. The van der Waals surface area contributed by atoms with Crippen molar-refractivity contribution in [3.8, 4) is 0 Å². The molecule has 0 spiro atoms. The summed E-state index contributed by atoms with van der Waals surface area (Å²) in [6.45, 7) is 2.30. The Morgan fingerprint density at radius 2 is 2.28 bits per heavy atom. The van der Waals surface area contributed by atoms with Crippen molar-refractivity contribution < 1.29 is 19.0 Å². The minimum absolute atomic E-state index is 0.378. The Kier molecular flexibility index (Phi) is 5.25. The summed E-state index contributed by atoms with van der Waals surface area (Å²) in [5.74, 6) is -1.46. The lowest BCUT2D eigenvalue weighted by Gasteiger charge is -2.27. The molecule has 0 amide bonds. The molecular weight excluding hydrogens is 305 g/mol. The Balaban J connectivity index is 3.06. The van der Waals surface area contributed by atoms with E-state index >= 15 is 0 Å². The maximum Gasteiger partial charge on any atom is 0.328 e. The van der Waals surface area contributed by atoms with Gasteiger partial charge in [0.15, 0.2) is 0 Å². The molecule has 0 aliphatic rings. The lowest BCUT2D eigenvalue weighted by molar-refractivity contribution is -0.144. The topological polar surface area (TPSA) is 58.6 Å². The van der Waals surface area contributed by atoms with Gasteiger partial charge in [-0.05, 0) is 24.6 Å². The predicted octanol–water partition coefficient (Wildman–Crippen LogP) is 2.12. The van der Waals surface area contributed by atoms with Gasteiger partial charge >= 0.3 is 5.97 Å². The average Bonchev–Trinajstić information content (AvgIpc) is 2.28. The molecule has 6 heteroatoms. The molecule has 4 nitrogen and oxygen atoms in total. The zero-order chi connectivity index (χ0) is 13.8. The van der Waals surface area contributed by atoms with Gasteiger partial charge in [-0.2, -0.15) is 0 Å². The molecule has 0 aromatic heterocycles. The van der Waals surface area contributed by atoms with E-state index < -0.39 is 17.3 Å². The van der Waals surface area contributed by atoms with Crippen molar-refractivity contribution in [2.24, 2.45) is 0 Å². The number of hydrogen-bond acceptors (Lipinski definition) is 3. The van der Waals surface area contributed by atoms with Gasteiger partial charge in [-0.25, -0.2) is 9.18 Å². The van der Waals surface area contributed by atoms with Gasteiger partial charge in [0.1, 0.15) is 11.4 Å².